The standard InChI is InChI=1S/C9H11NO5S/c1-3(12)5-7(13)10-6(9(14)15)4(2-11)16-8(5)10/h3,5,8,11-12H,2H2,1H3,(H,14,15)/t3?,5-,8+/m0/s1. The highest BCUT2D eigenvalue weighted by molar-refractivity contribution is 8.04. The predicted octanol–water partition coefficient (Wildman–Crippen LogP) is -0.813. The fraction of sp³-hybridized carbons (Fsp3) is 0.556. The van der Waals surface area contributed by atoms with Crippen LogP contribution in [0.3, 0.4) is 0 Å². The van der Waals surface area contributed by atoms with Crippen molar-refractivity contribution in [2.75, 3.05) is 6.61 Å². The van der Waals surface area contributed by atoms with E-state index in [0.29, 0.717) is 0 Å². The van der Waals surface area contributed by atoms with Crippen LogP contribution in [0.15, 0.2) is 10.6 Å². The van der Waals surface area contributed by atoms with E-state index in [1.165, 1.54) is 6.92 Å². The van der Waals surface area contributed by atoms with Crippen LogP contribution in [-0.4, -0.2) is 50.2 Å². The highest BCUT2D eigenvalue weighted by atomic mass is 32.2. The molecule has 1 amide bonds. The number of β-lactam (4-membered cyclic amide) rings is 1. The molecule has 1 fully saturated rings. The van der Waals surface area contributed by atoms with Crippen LogP contribution in [0.2, 0.25) is 0 Å². The summed E-state index contributed by atoms with van der Waals surface area (Å²) in [6, 6.07) is 0. The molecule has 6 nitrogen and oxygen atoms in total. The van der Waals surface area contributed by atoms with E-state index in [-0.39, 0.29) is 16.0 Å². The highest BCUT2D eigenvalue weighted by Crippen LogP contribution is 2.49. The first kappa shape index (κ1) is 11.4. The lowest BCUT2D eigenvalue weighted by Gasteiger charge is -2.43. The molecule has 2 rings (SSSR count). The van der Waals surface area contributed by atoms with Gasteiger partial charge in [-0.05, 0) is 6.92 Å². The lowest BCUT2D eigenvalue weighted by Crippen LogP contribution is -2.60. The predicted molar refractivity (Wildman–Crippen MR) is 55.1 cm³/mol. The summed E-state index contributed by atoms with van der Waals surface area (Å²) in [6.45, 7) is 1.09. The zero-order valence-electron chi connectivity index (χ0n) is 8.45. The number of hydrogen-bond acceptors (Lipinski definition) is 5. The zero-order valence-corrected chi connectivity index (χ0v) is 9.27. The van der Waals surface area contributed by atoms with Crippen molar-refractivity contribution in [1.82, 2.24) is 4.90 Å². The molecule has 88 valence electrons. The van der Waals surface area contributed by atoms with Crippen molar-refractivity contribution in [3.8, 4) is 0 Å². The monoisotopic (exact) mass is 245 g/mol. The molecule has 3 atom stereocenters. The molecule has 0 aliphatic carbocycles. The Labute approximate surface area is 95.5 Å². The average Bonchev–Trinajstić information content (AvgIpc) is 2.51. The van der Waals surface area contributed by atoms with E-state index >= 15 is 0 Å². The molecule has 0 bridgehead atoms. The summed E-state index contributed by atoms with van der Waals surface area (Å²) in [5, 5.41) is 27.0. The largest absolute Gasteiger partial charge is 0.477 e. The fourth-order valence-electron chi connectivity index (χ4n) is 1.96. The number of aliphatic hydroxyl groups excluding tert-OH is 2. The lowest BCUT2D eigenvalue weighted by molar-refractivity contribution is -0.156. The third-order valence-corrected chi connectivity index (χ3v) is 4.07. The van der Waals surface area contributed by atoms with E-state index < -0.39 is 30.5 Å². The second kappa shape index (κ2) is 3.76. The molecule has 0 aromatic carbocycles. The van der Waals surface area contributed by atoms with Gasteiger partial charge in [-0.15, -0.1) is 0 Å². The second-order valence-electron chi connectivity index (χ2n) is 3.72. The first-order valence-electron chi connectivity index (χ1n) is 4.74. The van der Waals surface area contributed by atoms with Gasteiger partial charge in [0.15, 0.2) is 0 Å². The van der Waals surface area contributed by atoms with Gasteiger partial charge in [0.1, 0.15) is 11.1 Å². The SMILES string of the molecule is CC(O)[C@H]1C(=O)N2C(C(=O)O)=C(CO)S[C@H]12. The molecule has 0 spiro atoms. The Morgan fingerprint density at radius 3 is 2.69 bits per heavy atom. The minimum Gasteiger partial charge on any atom is -0.477 e. The minimum absolute atomic E-state index is 0.153. The van der Waals surface area contributed by atoms with Crippen LogP contribution in [-0.2, 0) is 9.59 Å². The van der Waals surface area contributed by atoms with Crippen molar-refractivity contribution in [2.45, 2.75) is 18.4 Å². The number of rotatable bonds is 3. The van der Waals surface area contributed by atoms with Gasteiger partial charge in [-0.2, -0.15) is 0 Å². The van der Waals surface area contributed by atoms with Gasteiger partial charge in [-0.25, -0.2) is 4.79 Å². The molecule has 0 aromatic heterocycles. The van der Waals surface area contributed by atoms with Crippen molar-refractivity contribution in [1.29, 1.82) is 0 Å². The maximum absolute atomic E-state index is 11.6. The Balaban J connectivity index is 2.29. The van der Waals surface area contributed by atoms with Gasteiger partial charge in [0, 0.05) is 4.91 Å². The first-order valence-corrected chi connectivity index (χ1v) is 5.62. The highest BCUT2D eigenvalue weighted by Gasteiger charge is 2.57. The van der Waals surface area contributed by atoms with Gasteiger partial charge in [0.2, 0.25) is 5.91 Å². The van der Waals surface area contributed by atoms with E-state index in [1.807, 2.05) is 0 Å². The van der Waals surface area contributed by atoms with E-state index in [0.717, 1.165) is 16.7 Å². The molecule has 0 radical (unpaired) electrons. The van der Waals surface area contributed by atoms with Crippen molar-refractivity contribution in [2.24, 2.45) is 5.92 Å². The van der Waals surface area contributed by atoms with Crippen LogP contribution in [0.4, 0.5) is 0 Å². The van der Waals surface area contributed by atoms with Crippen LogP contribution in [0.1, 0.15) is 6.92 Å². The van der Waals surface area contributed by atoms with E-state index in [2.05, 4.69) is 0 Å². The lowest BCUT2D eigenvalue weighted by atomic mass is 9.92. The number of hydrogen-bond donors (Lipinski definition) is 3. The summed E-state index contributed by atoms with van der Waals surface area (Å²) in [5.41, 5.74) is -0.153. The number of amides is 1. The maximum atomic E-state index is 11.6. The summed E-state index contributed by atoms with van der Waals surface area (Å²) < 4.78 is 0. The Bertz CT molecular complexity index is 391. The van der Waals surface area contributed by atoms with Gasteiger partial charge in [0.05, 0.1) is 18.6 Å². The van der Waals surface area contributed by atoms with Crippen molar-refractivity contribution in [3.05, 3.63) is 10.6 Å². The summed E-state index contributed by atoms with van der Waals surface area (Å²) in [4.78, 5) is 24.0. The minimum atomic E-state index is -1.23. The van der Waals surface area contributed by atoms with Gasteiger partial charge in [-0.3, -0.25) is 9.69 Å². The van der Waals surface area contributed by atoms with Crippen molar-refractivity contribution < 1.29 is 24.9 Å². The summed E-state index contributed by atoms with van der Waals surface area (Å²) in [6.07, 6.45) is -0.811. The first-order chi connectivity index (χ1) is 7.49. The Kier molecular flexibility index (Phi) is 2.69. The van der Waals surface area contributed by atoms with Gasteiger partial charge in [-0.1, -0.05) is 11.8 Å². The van der Waals surface area contributed by atoms with Crippen molar-refractivity contribution in [3.63, 3.8) is 0 Å². The third kappa shape index (κ3) is 1.35. The quantitative estimate of drug-likeness (QED) is 0.562. The average molecular weight is 245 g/mol. The Hall–Kier alpha value is -1.05. The number of aliphatic hydroxyl groups is 2. The fourth-order valence-corrected chi connectivity index (χ4v) is 3.43. The van der Waals surface area contributed by atoms with Crippen LogP contribution in [0.5, 0.6) is 0 Å². The number of nitrogens with zero attached hydrogens (tertiary/aromatic N) is 1. The number of aliphatic carboxylic acids is 1. The van der Waals surface area contributed by atoms with E-state index in [4.69, 9.17) is 10.2 Å². The van der Waals surface area contributed by atoms with Crippen molar-refractivity contribution >= 4 is 23.6 Å². The van der Waals surface area contributed by atoms with Crippen LogP contribution >= 0.6 is 11.8 Å². The van der Waals surface area contributed by atoms with E-state index in [9.17, 15) is 14.7 Å². The number of carboxylic acid groups (broad SMARTS) is 1. The van der Waals surface area contributed by atoms with Crippen LogP contribution < -0.4 is 0 Å². The molecule has 2 aliphatic rings. The number of carboxylic acids is 1. The molecule has 2 aliphatic heterocycles. The van der Waals surface area contributed by atoms with Crippen LogP contribution in [0, 0.1) is 5.92 Å². The molecule has 2 heterocycles. The Morgan fingerprint density at radius 2 is 2.25 bits per heavy atom. The molecular formula is C9H11NO5S. The molecular weight excluding hydrogens is 234 g/mol. The number of carbonyl (C=O) groups is 2. The van der Waals surface area contributed by atoms with Gasteiger partial charge < -0.3 is 15.3 Å². The third-order valence-electron chi connectivity index (χ3n) is 2.72. The topological polar surface area (TPSA) is 98.1 Å². The number of thioether (sulfide) groups is 1. The normalized spacial score (nSPS) is 30.2. The molecule has 0 saturated carbocycles. The number of carbonyl (C=O) groups excluding carboxylic acids is 1. The summed E-state index contributed by atoms with van der Waals surface area (Å²) in [5.74, 6) is -2.20. The second-order valence-corrected chi connectivity index (χ2v) is 4.93. The zero-order chi connectivity index (χ0) is 12.0. The molecule has 0 aromatic rings. The van der Waals surface area contributed by atoms with E-state index in [1.54, 1.807) is 0 Å². The molecule has 1 unspecified atom stereocenters. The Morgan fingerprint density at radius 1 is 1.62 bits per heavy atom. The number of fused-ring (bicyclic) bond motifs is 1. The van der Waals surface area contributed by atoms with Crippen LogP contribution in [0.25, 0.3) is 0 Å². The smallest absolute Gasteiger partial charge is 0.353 e. The molecule has 1 saturated heterocycles. The van der Waals surface area contributed by atoms with Gasteiger partial charge in [0.25, 0.3) is 0 Å². The van der Waals surface area contributed by atoms with Gasteiger partial charge >= 0.3 is 5.97 Å². The maximum Gasteiger partial charge on any atom is 0.353 e. The summed E-state index contributed by atoms with van der Waals surface area (Å²) >= 11 is 1.13. The molecule has 16 heavy (non-hydrogen) atoms. The molecule has 3 N–H and O–H groups in total. The molecule has 7 heteroatoms. The summed E-state index contributed by atoms with van der Waals surface area (Å²) in [7, 11) is 0.